The molecule has 10 heteroatoms. The van der Waals surface area contributed by atoms with Gasteiger partial charge in [0.15, 0.2) is 0 Å². The molecule has 0 aliphatic carbocycles. The minimum absolute atomic E-state index is 0.0220. The van der Waals surface area contributed by atoms with Crippen LogP contribution in [0.15, 0.2) is 61.7 Å². The molecule has 1 atom stereocenters. The molecule has 0 saturated carbocycles. The van der Waals surface area contributed by atoms with Crippen LogP contribution in [0.1, 0.15) is 21.5 Å². The van der Waals surface area contributed by atoms with Crippen LogP contribution in [0.2, 0.25) is 0 Å². The Bertz CT molecular complexity index is 1190. The molecule has 0 unspecified atom stereocenters. The number of phenolic OH excluding ortho intramolecular Hbond substituents is 1. The van der Waals surface area contributed by atoms with E-state index in [1.807, 2.05) is 0 Å². The second-order valence-electron chi connectivity index (χ2n) is 7.35. The summed E-state index contributed by atoms with van der Waals surface area (Å²) in [6.07, 6.45) is 0.556. The number of hydrogen-bond donors (Lipinski definition) is 5. The van der Waals surface area contributed by atoms with Crippen LogP contribution in [-0.2, 0) is 9.53 Å². The van der Waals surface area contributed by atoms with E-state index in [0.29, 0.717) is 23.3 Å². The molecule has 5 N–H and O–H groups in total. The SMILES string of the molecule is Bc1cc(C(=C)NCC#Cc2cccc(O)c2)ccc1C(=O)N[C@@H](CNC(=O)OCC=C)C(=O)O. The molecule has 2 amide bonds. The summed E-state index contributed by atoms with van der Waals surface area (Å²) in [5.74, 6) is 4.11. The van der Waals surface area contributed by atoms with Crippen molar-refractivity contribution in [2.45, 2.75) is 6.04 Å². The van der Waals surface area contributed by atoms with Gasteiger partial charge >= 0.3 is 12.1 Å². The van der Waals surface area contributed by atoms with Crippen LogP contribution in [0.3, 0.4) is 0 Å². The van der Waals surface area contributed by atoms with Crippen LogP contribution in [0.5, 0.6) is 5.75 Å². The number of alkyl carbamates (subject to hydrolysis) is 1. The quantitative estimate of drug-likeness (QED) is 0.190. The lowest BCUT2D eigenvalue weighted by atomic mass is 9.88. The van der Waals surface area contributed by atoms with Crippen molar-refractivity contribution < 1.29 is 29.3 Å². The fourth-order valence-electron chi connectivity index (χ4n) is 2.90. The van der Waals surface area contributed by atoms with Gasteiger partial charge in [0.1, 0.15) is 26.2 Å². The molecule has 0 fully saturated rings. The molecule has 0 spiro atoms. The van der Waals surface area contributed by atoms with Crippen LogP contribution in [0.25, 0.3) is 5.70 Å². The third-order valence-electron chi connectivity index (χ3n) is 4.67. The first-order valence-corrected chi connectivity index (χ1v) is 10.6. The van der Waals surface area contributed by atoms with Crippen molar-refractivity contribution in [3.05, 3.63) is 78.4 Å². The first-order chi connectivity index (χ1) is 16.7. The van der Waals surface area contributed by atoms with Crippen molar-refractivity contribution in [1.82, 2.24) is 16.0 Å². The highest BCUT2D eigenvalue weighted by Gasteiger charge is 2.22. The van der Waals surface area contributed by atoms with Crippen molar-refractivity contribution in [2.24, 2.45) is 0 Å². The molecule has 0 aromatic heterocycles. The van der Waals surface area contributed by atoms with Gasteiger partial charge in [0.05, 0.1) is 13.1 Å². The number of hydrogen-bond acceptors (Lipinski definition) is 6. The number of amides is 2. The molecule has 0 aliphatic rings. The number of rotatable bonds is 10. The van der Waals surface area contributed by atoms with Gasteiger partial charge in [-0.25, -0.2) is 9.59 Å². The van der Waals surface area contributed by atoms with Crippen LogP contribution in [0, 0.1) is 11.8 Å². The van der Waals surface area contributed by atoms with Gasteiger partial charge in [-0.15, -0.1) is 0 Å². The molecule has 180 valence electrons. The van der Waals surface area contributed by atoms with Gasteiger partial charge in [-0.1, -0.05) is 54.7 Å². The maximum atomic E-state index is 12.6. The van der Waals surface area contributed by atoms with Crippen molar-refractivity contribution in [3.63, 3.8) is 0 Å². The second-order valence-corrected chi connectivity index (χ2v) is 7.35. The number of phenols is 1. The van der Waals surface area contributed by atoms with E-state index in [1.165, 1.54) is 6.08 Å². The molecule has 0 bridgehead atoms. The smallest absolute Gasteiger partial charge is 0.407 e. The summed E-state index contributed by atoms with van der Waals surface area (Å²) in [6.45, 7) is 7.33. The van der Waals surface area contributed by atoms with E-state index in [0.717, 1.165) is 5.56 Å². The lowest BCUT2D eigenvalue weighted by molar-refractivity contribution is -0.139. The van der Waals surface area contributed by atoms with Crippen LogP contribution >= 0.6 is 0 Å². The predicted octanol–water partition coefficient (Wildman–Crippen LogP) is 0.358. The Morgan fingerprint density at radius 3 is 2.60 bits per heavy atom. The number of carboxylic acid groups (broad SMARTS) is 1. The number of aliphatic carboxylic acids is 1. The molecule has 2 aromatic rings. The maximum Gasteiger partial charge on any atom is 0.407 e. The normalized spacial score (nSPS) is 10.6. The highest BCUT2D eigenvalue weighted by Crippen LogP contribution is 2.10. The van der Waals surface area contributed by atoms with E-state index in [1.54, 1.807) is 50.3 Å². The first-order valence-electron chi connectivity index (χ1n) is 10.6. The van der Waals surface area contributed by atoms with E-state index >= 15 is 0 Å². The Kier molecular flexibility index (Phi) is 10.0. The zero-order valence-electron chi connectivity index (χ0n) is 19.3. The van der Waals surface area contributed by atoms with E-state index in [2.05, 4.69) is 40.9 Å². The van der Waals surface area contributed by atoms with Crippen molar-refractivity contribution in [2.75, 3.05) is 19.7 Å². The van der Waals surface area contributed by atoms with Crippen LogP contribution < -0.4 is 21.4 Å². The minimum Gasteiger partial charge on any atom is -0.508 e. The third-order valence-corrected chi connectivity index (χ3v) is 4.67. The molecule has 2 rings (SSSR count). The Balaban J connectivity index is 1.96. The molecule has 0 radical (unpaired) electrons. The first kappa shape index (κ1) is 26.6. The molecule has 0 heterocycles. The molecule has 0 aliphatic heterocycles. The van der Waals surface area contributed by atoms with Crippen molar-refractivity contribution in [1.29, 1.82) is 0 Å². The highest BCUT2D eigenvalue weighted by molar-refractivity contribution is 6.36. The van der Waals surface area contributed by atoms with Crippen molar-refractivity contribution >= 4 is 37.0 Å². The fourth-order valence-corrected chi connectivity index (χ4v) is 2.90. The van der Waals surface area contributed by atoms with Crippen molar-refractivity contribution in [3.8, 4) is 17.6 Å². The predicted molar refractivity (Wildman–Crippen MR) is 135 cm³/mol. The Labute approximate surface area is 204 Å². The number of carbonyl (C=O) groups excluding carboxylic acids is 2. The van der Waals surface area contributed by atoms with Crippen LogP contribution in [0.4, 0.5) is 4.79 Å². The fraction of sp³-hybridized carbons (Fsp3) is 0.160. The Morgan fingerprint density at radius 1 is 1.17 bits per heavy atom. The molecule has 0 saturated heterocycles. The topological polar surface area (TPSA) is 137 Å². The molecule has 9 nitrogen and oxygen atoms in total. The lowest BCUT2D eigenvalue weighted by Crippen LogP contribution is -2.49. The zero-order chi connectivity index (χ0) is 25.8. The highest BCUT2D eigenvalue weighted by atomic mass is 16.5. The Morgan fingerprint density at radius 2 is 1.94 bits per heavy atom. The van der Waals surface area contributed by atoms with E-state index in [-0.39, 0.29) is 24.5 Å². The molecular formula is C25H26BN3O6. The van der Waals surface area contributed by atoms with E-state index < -0.39 is 24.0 Å². The monoisotopic (exact) mass is 475 g/mol. The number of carbonyl (C=O) groups is 3. The molecular weight excluding hydrogens is 449 g/mol. The number of benzene rings is 2. The van der Waals surface area contributed by atoms with Crippen LogP contribution in [-0.4, -0.2) is 61.8 Å². The summed E-state index contributed by atoms with van der Waals surface area (Å²) in [6, 6.07) is 10.3. The average Bonchev–Trinajstić information content (AvgIpc) is 2.82. The van der Waals surface area contributed by atoms with Gasteiger partial charge in [-0.2, -0.15) is 0 Å². The summed E-state index contributed by atoms with van der Waals surface area (Å²) < 4.78 is 4.72. The molecule has 2 aromatic carbocycles. The Hall–Kier alpha value is -4.65. The van der Waals surface area contributed by atoms with Gasteiger partial charge in [0.25, 0.3) is 5.91 Å². The summed E-state index contributed by atoms with van der Waals surface area (Å²) in [5, 5.41) is 26.6. The summed E-state index contributed by atoms with van der Waals surface area (Å²) in [5.41, 5.74) is 2.91. The van der Waals surface area contributed by atoms with Gasteiger partial charge < -0.3 is 30.9 Å². The van der Waals surface area contributed by atoms with Gasteiger partial charge in [-0.3, -0.25) is 4.79 Å². The average molecular weight is 475 g/mol. The number of ether oxygens (including phenoxy) is 1. The summed E-state index contributed by atoms with van der Waals surface area (Å²) in [7, 11) is 1.72. The second kappa shape index (κ2) is 13.2. The minimum atomic E-state index is -1.35. The standard InChI is InChI=1S/C25H26BN3O6/c1-3-12-35-25(34)28-15-22(24(32)33)29-23(31)20-10-9-18(14-21(20)26)16(2)27-11-5-7-17-6-4-8-19(30)13-17/h3-4,6,8-10,13-14,22,27,30H,1-2,11-12,15,26H2,(H,28,34)(H,29,31)(H,32,33)/t22-/m0/s1. The van der Waals surface area contributed by atoms with Gasteiger partial charge in [-0.05, 0) is 29.8 Å². The van der Waals surface area contributed by atoms with E-state index in [4.69, 9.17) is 4.74 Å². The van der Waals surface area contributed by atoms with E-state index in [9.17, 15) is 24.6 Å². The maximum absolute atomic E-state index is 12.6. The number of nitrogens with one attached hydrogen (secondary N) is 3. The summed E-state index contributed by atoms with van der Waals surface area (Å²) >= 11 is 0. The summed E-state index contributed by atoms with van der Waals surface area (Å²) in [4.78, 5) is 35.6. The number of carboxylic acids is 1. The lowest BCUT2D eigenvalue weighted by Gasteiger charge is -2.17. The molecule has 35 heavy (non-hydrogen) atoms. The van der Waals surface area contributed by atoms with Gasteiger partial charge in [0.2, 0.25) is 0 Å². The van der Waals surface area contributed by atoms with Gasteiger partial charge in [0, 0.05) is 16.8 Å². The number of aromatic hydroxyl groups is 1. The third kappa shape index (κ3) is 8.66. The largest absolute Gasteiger partial charge is 0.508 e. The zero-order valence-corrected chi connectivity index (χ0v) is 19.3.